The maximum atomic E-state index is 13.0. The molecule has 1 atom stereocenters. The van der Waals surface area contributed by atoms with Crippen LogP contribution in [0.5, 0.6) is 0 Å². The van der Waals surface area contributed by atoms with E-state index in [0.29, 0.717) is 24.5 Å². The minimum Gasteiger partial charge on any atom is -0.365 e. The summed E-state index contributed by atoms with van der Waals surface area (Å²) in [5.41, 5.74) is 5.96. The number of aromatic nitrogens is 2. The van der Waals surface area contributed by atoms with Gasteiger partial charge in [-0.25, -0.2) is 22.8 Å². The van der Waals surface area contributed by atoms with Crippen molar-refractivity contribution in [2.45, 2.75) is 24.2 Å². The van der Waals surface area contributed by atoms with Crippen LogP contribution < -0.4 is 5.73 Å². The summed E-state index contributed by atoms with van der Waals surface area (Å²) in [6.07, 6.45) is 1.94. The molecule has 1 aliphatic heterocycles. The first-order valence-electron chi connectivity index (χ1n) is 7.68. The molecule has 0 saturated carbocycles. The fraction of sp³-hybridized carbons (Fsp3) is 0.312. The molecule has 0 aliphatic carbocycles. The number of nitrogens with two attached hydrogens (primary N) is 1. The number of benzene rings is 1. The molecule has 2 heterocycles. The number of carbonyl (C=O) groups is 1. The molecule has 1 aromatic heterocycles. The molecule has 2 aromatic rings. The van der Waals surface area contributed by atoms with Gasteiger partial charge in [0.05, 0.1) is 16.2 Å². The number of hydrogen-bond acceptors (Lipinski definition) is 5. The van der Waals surface area contributed by atoms with Gasteiger partial charge in [-0.3, -0.25) is 4.79 Å². The van der Waals surface area contributed by atoms with Crippen LogP contribution >= 0.6 is 0 Å². The summed E-state index contributed by atoms with van der Waals surface area (Å²) in [6.45, 7) is 2.21. The lowest BCUT2D eigenvalue weighted by Gasteiger charge is -2.16. The van der Waals surface area contributed by atoms with Gasteiger partial charge in [0.1, 0.15) is 11.6 Å². The van der Waals surface area contributed by atoms with E-state index in [2.05, 4.69) is 9.97 Å². The number of primary amides is 1. The summed E-state index contributed by atoms with van der Waals surface area (Å²) in [5.74, 6) is -0.775. The van der Waals surface area contributed by atoms with Crippen LogP contribution in [0.15, 0.2) is 35.4 Å². The van der Waals surface area contributed by atoms with Crippen LogP contribution in [-0.4, -0.2) is 41.7 Å². The van der Waals surface area contributed by atoms with Crippen LogP contribution in [0.4, 0.5) is 4.39 Å². The van der Waals surface area contributed by atoms with Crippen LogP contribution in [0.1, 0.15) is 34.2 Å². The van der Waals surface area contributed by atoms with Crippen molar-refractivity contribution in [2.24, 2.45) is 5.73 Å². The molecule has 7 nitrogen and oxygen atoms in total. The minimum absolute atomic E-state index is 0.0516. The van der Waals surface area contributed by atoms with Crippen LogP contribution in [0.25, 0.3) is 0 Å². The van der Waals surface area contributed by atoms with E-state index >= 15 is 0 Å². The average molecular weight is 364 g/mol. The number of carbonyl (C=O) groups excluding carboxylic acids is 1. The summed E-state index contributed by atoms with van der Waals surface area (Å²) >= 11 is 0. The van der Waals surface area contributed by atoms with E-state index in [4.69, 9.17) is 5.73 Å². The molecular formula is C16H17FN4O3S. The van der Waals surface area contributed by atoms with E-state index in [9.17, 15) is 17.6 Å². The van der Waals surface area contributed by atoms with E-state index in [1.807, 2.05) is 0 Å². The van der Waals surface area contributed by atoms with Gasteiger partial charge in [0, 0.05) is 25.2 Å². The van der Waals surface area contributed by atoms with Gasteiger partial charge >= 0.3 is 0 Å². The molecule has 1 fully saturated rings. The second kappa shape index (κ2) is 6.49. The third-order valence-electron chi connectivity index (χ3n) is 4.23. The van der Waals surface area contributed by atoms with E-state index in [1.54, 1.807) is 6.92 Å². The van der Waals surface area contributed by atoms with Crippen molar-refractivity contribution < 1.29 is 17.6 Å². The summed E-state index contributed by atoms with van der Waals surface area (Å²) in [4.78, 5) is 19.8. The molecule has 2 N–H and O–H groups in total. The highest BCUT2D eigenvalue weighted by Crippen LogP contribution is 2.29. The number of hydrogen-bond donors (Lipinski definition) is 1. The molecule has 25 heavy (non-hydrogen) atoms. The summed E-state index contributed by atoms with van der Waals surface area (Å²) in [5, 5.41) is 0. The van der Waals surface area contributed by atoms with Gasteiger partial charge in [0.25, 0.3) is 5.91 Å². The molecule has 1 amide bonds. The van der Waals surface area contributed by atoms with Crippen LogP contribution in [0, 0.1) is 12.7 Å². The maximum Gasteiger partial charge on any atom is 0.252 e. The van der Waals surface area contributed by atoms with Crippen molar-refractivity contribution in [1.29, 1.82) is 0 Å². The van der Waals surface area contributed by atoms with Gasteiger partial charge in [-0.1, -0.05) is 0 Å². The van der Waals surface area contributed by atoms with Crippen molar-refractivity contribution in [1.82, 2.24) is 14.3 Å². The highest BCUT2D eigenvalue weighted by molar-refractivity contribution is 7.89. The van der Waals surface area contributed by atoms with Gasteiger partial charge in [-0.15, -0.1) is 0 Å². The van der Waals surface area contributed by atoms with Gasteiger partial charge < -0.3 is 5.73 Å². The standard InChI is InChI=1S/C16H17FN4O3S/c1-10-14(15(18)22)8-19-16(20-10)11-6-7-21(9-11)25(23,24)13-4-2-12(17)3-5-13/h2-5,8,11H,6-7,9H2,1H3,(H2,18,22)/t11-/m0/s1. The molecule has 0 radical (unpaired) electrons. The zero-order valence-corrected chi connectivity index (χ0v) is 14.3. The summed E-state index contributed by atoms with van der Waals surface area (Å²) < 4.78 is 39.6. The quantitative estimate of drug-likeness (QED) is 0.877. The Kier molecular flexibility index (Phi) is 4.53. The lowest BCUT2D eigenvalue weighted by Crippen LogP contribution is -2.29. The molecular weight excluding hydrogens is 347 g/mol. The fourth-order valence-electron chi connectivity index (χ4n) is 2.84. The molecule has 0 bridgehead atoms. The Hall–Kier alpha value is -2.39. The van der Waals surface area contributed by atoms with Crippen LogP contribution in [-0.2, 0) is 10.0 Å². The zero-order valence-electron chi connectivity index (χ0n) is 13.5. The van der Waals surface area contributed by atoms with E-state index in [1.165, 1.54) is 22.6 Å². The van der Waals surface area contributed by atoms with E-state index in [0.717, 1.165) is 12.1 Å². The second-order valence-corrected chi connectivity index (χ2v) is 7.83. The predicted octanol–water partition coefficient (Wildman–Crippen LogP) is 1.20. The molecule has 1 aromatic carbocycles. The Balaban J connectivity index is 1.80. The largest absolute Gasteiger partial charge is 0.365 e. The Bertz CT molecular complexity index is 915. The van der Waals surface area contributed by atoms with Crippen molar-refractivity contribution in [3.8, 4) is 0 Å². The highest BCUT2D eigenvalue weighted by Gasteiger charge is 2.34. The van der Waals surface area contributed by atoms with Gasteiger partial charge in [0.15, 0.2) is 0 Å². The molecule has 9 heteroatoms. The van der Waals surface area contributed by atoms with Crippen molar-refractivity contribution in [2.75, 3.05) is 13.1 Å². The molecule has 1 saturated heterocycles. The lowest BCUT2D eigenvalue weighted by molar-refractivity contribution is 0.0999. The van der Waals surface area contributed by atoms with Crippen molar-refractivity contribution in [3.63, 3.8) is 0 Å². The first-order chi connectivity index (χ1) is 11.8. The van der Waals surface area contributed by atoms with Gasteiger partial charge in [0.2, 0.25) is 10.0 Å². The highest BCUT2D eigenvalue weighted by atomic mass is 32.2. The molecule has 3 rings (SSSR count). The minimum atomic E-state index is -3.69. The molecule has 0 unspecified atom stereocenters. The third-order valence-corrected chi connectivity index (χ3v) is 6.11. The smallest absolute Gasteiger partial charge is 0.252 e. The zero-order chi connectivity index (χ0) is 18.2. The molecule has 132 valence electrons. The van der Waals surface area contributed by atoms with Gasteiger partial charge in [-0.05, 0) is 37.6 Å². The number of nitrogens with zero attached hydrogens (tertiary/aromatic N) is 3. The average Bonchev–Trinajstić information content (AvgIpc) is 3.05. The molecule has 0 spiro atoms. The summed E-state index contributed by atoms with van der Waals surface area (Å²) in [6, 6.07) is 4.74. The summed E-state index contributed by atoms with van der Waals surface area (Å²) in [7, 11) is -3.69. The van der Waals surface area contributed by atoms with Crippen molar-refractivity contribution in [3.05, 3.63) is 53.4 Å². The Morgan fingerprint density at radius 2 is 2.00 bits per heavy atom. The number of rotatable bonds is 4. The topological polar surface area (TPSA) is 106 Å². The van der Waals surface area contributed by atoms with E-state index in [-0.39, 0.29) is 22.9 Å². The molecule has 1 aliphatic rings. The SMILES string of the molecule is Cc1nc([C@H]2CCN(S(=O)(=O)c3ccc(F)cc3)C2)ncc1C(N)=O. The number of halogens is 1. The predicted molar refractivity (Wildman–Crippen MR) is 87.8 cm³/mol. The fourth-order valence-corrected chi connectivity index (χ4v) is 4.34. The normalized spacial score (nSPS) is 18.4. The Labute approximate surface area is 144 Å². The van der Waals surface area contributed by atoms with Crippen LogP contribution in [0.2, 0.25) is 0 Å². The van der Waals surface area contributed by atoms with Crippen molar-refractivity contribution >= 4 is 15.9 Å². The van der Waals surface area contributed by atoms with Crippen LogP contribution in [0.3, 0.4) is 0 Å². The lowest BCUT2D eigenvalue weighted by atomic mass is 10.1. The second-order valence-electron chi connectivity index (χ2n) is 5.89. The number of aryl methyl sites for hydroxylation is 1. The maximum absolute atomic E-state index is 13.0. The van der Waals surface area contributed by atoms with E-state index < -0.39 is 21.7 Å². The first kappa shape index (κ1) is 17.4. The Morgan fingerprint density at radius 3 is 2.60 bits per heavy atom. The van der Waals surface area contributed by atoms with Gasteiger partial charge in [-0.2, -0.15) is 4.31 Å². The number of sulfonamides is 1. The first-order valence-corrected chi connectivity index (χ1v) is 9.12. The Morgan fingerprint density at radius 1 is 1.32 bits per heavy atom. The third kappa shape index (κ3) is 3.38. The monoisotopic (exact) mass is 364 g/mol. The number of amides is 1.